The second-order valence-corrected chi connectivity index (χ2v) is 10.1. The van der Waals surface area contributed by atoms with Crippen molar-refractivity contribution in [3.63, 3.8) is 0 Å². The maximum absolute atomic E-state index is 13.0. The van der Waals surface area contributed by atoms with Crippen molar-refractivity contribution >= 4 is 15.9 Å². The summed E-state index contributed by atoms with van der Waals surface area (Å²) in [6.45, 7) is 3.62. The Morgan fingerprint density at radius 1 is 1.14 bits per heavy atom. The Kier molecular flexibility index (Phi) is 7.54. The first kappa shape index (κ1) is 22.1. The van der Waals surface area contributed by atoms with Crippen molar-refractivity contribution in [3.05, 3.63) is 24.3 Å². The van der Waals surface area contributed by atoms with Crippen molar-refractivity contribution in [2.45, 2.75) is 37.0 Å². The van der Waals surface area contributed by atoms with Gasteiger partial charge in [0.15, 0.2) is 0 Å². The van der Waals surface area contributed by atoms with Gasteiger partial charge in [-0.2, -0.15) is 4.31 Å². The van der Waals surface area contributed by atoms with E-state index in [1.807, 2.05) is 0 Å². The first-order valence-electron chi connectivity index (χ1n) is 10.5. The van der Waals surface area contributed by atoms with Crippen molar-refractivity contribution in [1.82, 2.24) is 14.5 Å². The minimum atomic E-state index is -3.60. The number of benzene rings is 1. The molecule has 2 heterocycles. The topological polar surface area (TPSA) is 79.0 Å². The lowest BCUT2D eigenvalue weighted by atomic mass is 9.93. The van der Waals surface area contributed by atoms with Gasteiger partial charge in [0.2, 0.25) is 15.9 Å². The molecule has 1 atom stereocenters. The van der Waals surface area contributed by atoms with Crippen LogP contribution >= 0.6 is 0 Å². The molecule has 1 N–H and O–H groups in total. The second-order valence-electron chi connectivity index (χ2n) is 8.20. The number of piperidine rings is 2. The molecule has 2 aliphatic rings. The smallest absolute Gasteiger partial charge is 0.243 e. The lowest BCUT2D eigenvalue weighted by molar-refractivity contribution is -0.126. The molecule has 0 bridgehead atoms. The zero-order valence-electron chi connectivity index (χ0n) is 17.5. The summed E-state index contributed by atoms with van der Waals surface area (Å²) in [6.07, 6.45) is 4.80. The summed E-state index contributed by atoms with van der Waals surface area (Å²) in [5.41, 5.74) is 0. The van der Waals surface area contributed by atoms with E-state index in [9.17, 15) is 13.2 Å². The Morgan fingerprint density at radius 3 is 2.48 bits per heavy atom. The van der Waals surface area contributed by atoms with Crippen LogP contribution in [0.1, 0.15) is 32.1 Å². The van der Waals surface area contributed by atoms with Crippen molar-refractivity contribution in [2.75, 3.05) is 46.9 Å². The molecule has 7 nitrogen and oxygen atoms in total. The van der Waals surface area contributed by atoms with E-state index in [0.717, 1.165) is 25.9 Å². The normalized spacial score (nSPS) is 22.3. The van der Waals surface area contributed by atoms with Gasteiger partial charge in [-0.3, -0.25) is 4.79 Å². The molecule has 1 aromatic carbocycles. The van der Waals surface area contributed by atoms with E-state index in [4.69, 9.17) is 4.74 Å². The fourth-order valence-electron chi connectivity index (χ4n) is 4.17. The molecule has 1 aromatic rings. The highest BCUT2D eigenvalue weighted by Gasteiger charge is 2.33. The Hall–Kier alpha value is -1.64. The number of sulfonamides is 1. The molecule has 0 aromatic heterocycles. The molecular formula is C21H33N3O4S. The highest BCUT2D eigenvalue weighted by Crippen LogP contribution is 2.25. The summed E-state index contributed by atoms with van der Waals surface area (Å²) >= 11 is 0. The maximum atomic E-state index is 13.0. The summed E-state index contributed by atoms with van der Waals surface area (Å²) in [5.74, 6) is 0.982. The first-order chi connectivity index (χ1) is 13.9. The van der Waals surface area contributed by atoms with E-state index in [-0.39, 0.29) is 23.3 Å². The van der Waals surface area contributed by atoms with Gasteiger partial charge in [-0.1, -0.05) is 0 Å². The molecule has 0 radical (unpaired) electrons. The summed E-state index contributed by atoms with van der Waals surface area (Å²) in [7, 11) is 0.0882. The van der Waals surface area contributed by atoms with Crippen LogP contribution in [-0.4, -0.2) is 70.4 Å². The molecule has 3 rings (SSSR count). The van der Waals surface area contributed by atoms with Crippen LogP contribution in [-0.2, 0) is 14.8 Å². The number of carbonyl (C=O) groups excluding carboxylic acids is 1. The lowest BCUT2D eigenvalue weighted by Gasteiger charge is -2.32. The van der Waals surface area contributed by atoms with Gasteiger partial charge in [0.25, 0.3) is 0 Å². The van der Waals surface area contributed by atoms with Crippen LogP contribution in [0.5, 0.6) is 5.75 Å². The zero-order valence-corrected chi connectivity index (χ0v) is 18.3. The van der Waals surface area contributed by atoms with E-state index >= 15 is 0 Å². The van der Waals surface area contributed by atoms with E-state index in [1.54, 1.807) is 31.4 Å². The van der Waals surface area contributed by atoms with E-state index < -0.39 is 10.0 Å². The second kappa shape index (κ2) is 9.91. The zero-order chi connectivity index (χ0) is 20.9. The average molecular weight is 424 g/mol. The van der Waals surface area contributed by atoms with Gasteiger partial charge in [-0.15, -0.1) is 0 Å². The lowest BCUT2D eigenvalue weighted by Crippen LogP contribution is -2.45. The van der Waals surface area contributed by atoms with Gasteiger partial charge < -0.3 is 15.0 Å². The number of rotatable bonds is 7. The van der Waals surface area contributed by atoms with Crippen molar-refractivity contribution < 1.29 is 17.9 Å². The minimum absolute atomic E-state index is 0.0208. The molecular weight excluding hydrogens is 390 g/mol. The summed E-state index contributed by atoms with van der Waals surface area (Å²) < 4.78 is 32.4. The number of hydrogen-bond acceptors (Lipinski definition) is 5. The third kappa shape index (κ3) is 5.71. The van der Waals surface area contributed by atoms with Gasteiger partial charge in [0, 0.05) is 19.6 Å². The molecule has 2 aliphatic heterocycles. The number of nitrogens with one attached hydrogen (secondary N) is 1. The molecule has 1 amide bonds. The monoisotopic (exact) mass is 423 g/mol. The van der Waals surface area contributed by atoms with Crippen LogP contribution in [0.3, 0.4) is 0 Å². The Labute approximate surface area is 174 Å². The van der Waals surface area contributed by atoms with Gasteiger partial charge >= 0.3 is 0 Å². The molecule has 29 heavy (non-hydrogen) atoms. The van der Waals surface area contributed by atoms with Crippen LogP contribution in [0.2, 0.25) is 0 Å². The van der Waals surface area contributed by atoms with Gasteiger partial charge in [-0.05, 0) is 82.4 Å². The number of ether oxygens (including phenoxy) is 1. The molecule has 0 aliphatic carbocycles. The van der Waals surface area contributed by atoms with Gasteiger partial charge in [0.1, 0.15) is 5.75 Å². The number of hydrogen-bond donors (Lipinski definition) is 1. The summed E-state index contributed by atoms with van der Waals surface area (Å²) in [4.78, 5) is 15.2. The largest absolute Gasteiger partial charge is 0.497 e. The molecule has 2 saturated heterocycles. The third-order valence-corrected chi connectivity index (χ3v) is 8.02. The Morgan fingerprint density at radius 2 is 1.83 bits per heavy atom. The first-order valence-corrected chi connectivity index (χ1v) is 11.9. The highest BCUT2D eigenvalue weighted by molar-refractivity contribution is 7.89. The van der Waals surface area contributed by atoms with E-state index in [2.05, 4.69) is 17.3 Å². The van der Waals surface area contributed by atoms with E-state index in [1.165, 1.54) is 17.1 Å². The minimum Gasteiger partial charge on any atom is -0.497 e. The molecule has 0 unspecified atom stereocenters. The van der Waals surface area contributed by atoms with Crippen LogP contribution in [0, 0.1) is 11.8 Å². The number of amides is 1. The Balaban J connectivity index is 1.51. The fourth-order valence-corrected chi connectivity index (χ4v) is 5.69. The quantitative estimate of drug-likeness (QED) is 0.725. The van der Waals surface area contributed by atoms with Crippen molar-refractivity contribution in [3.8, 4) is 5.75 Å². The SMILES string of the molecule is COc1ccc(S(=O)(=O)N2CCC[C@H](C(=O)NCCC3CCN(C)CC3)C2)cc1. The molecule has 8 heteroatoms. The van der Waals surface area contributed by atoms with E-state index in [0.29, 0.717) is 31.2 Å². The Bertz CT molecular complexity index is 774. The maximum Gasteiger partial charge on any atom is 0.243 e. The van der Waals surface area contributed by atoms with Gasteiger partial charge in [0.05, 0.1) is 17.9 Å². The predicted octanol–water partition coefficient (Wildman–Crippen LogP) is 1.94. The standard InChI is InChI=1S/C21H33N3O4S/c1-23-14-10-17(11-15-23)9-12-22-21(25)18-4-3-13-24(16-18)29(26,27)20-7-5-19(28-2)6-8-20/h5-8,17-18H,3-4,9-16H2,1-2H3,(H,22,25)/t18-/m0/s1. The molecule has 2 fully saturated rings. The number of likely N-dealkylation sites (tertiary alicyclic amines) is 1. The van der Waals surface area contributed by atoms with Crippen molar-refractivity contribution in [1.29, 1.82) is 0 Å². The average Bonchev–Trinajstić information content (AvgIpc) is 2.75. The van der Waals surface area contributed by atoms with Gasteiger partial charge in [-0.25, -0.2) is 8.42 Å². The molecule has 0 saturated carbocycles. The predicted molar refractivity (Wildman–Crippen MR) is 112 cm³/mol. The number of nitrogens with zero attached hydrogens (tertiary/aromatic N) is 2. The summed E-state index contributed by atoms with van der Waals surface area (Å²) in [6, 6.07) is 6.40. The number of carbonyl (C=O) groups is 1. The van der Waals surface area contributed by atoms with Crippen LogP contribution in [0.4, 0.5) is 0 Å². The van der Waals surface area contributed by atoms with Crippen molar-refractivity contribution in [2.24, 2.45) is 11.8 Å². The van der Waals surface area contributed by atoms with Crippen LogP contribution in [0.15, 0.2) is 29.2 Å². The highest BCUT2D eigenvalue weighted by atomic mass is 32.2. The van der Waals surface area contributed by atoms with Crippen LogP contribution in [0.25, 0.3) is 0 Å². The molecule has 0 spiro atoms. The fraction of sp³-hybridized carbons (Fsp3) is 0.667. The third-order valence-electron chi connectivity index (χ3n) is 6.14. The molecule has 162 valence electrons. The summed E-state index contributed by atoms with van der Waals surface area (Å²) in [5, 5.41) is 3.05. The van der Waals surface area contributed by atoms with Crippen LogP contribution < -0.4 is 10.1 Å². The number of methoxy groups -OCH3 is 1.